The molecule has 0 radical (unpaired) electrons. The fourth-order valence-electron chi connectivity index (χ4n) is 2.94. The summed E-state index contributed by atoms with van der Waals surface area (Å²) < 4.78 is 40.4. The highest BCUT2D eigenvalue weighted by atomic mass is 19.3. The van der Waals surface area contributed by atoms with E-state index in [1.165, 1.54) is 24.1 Å². The number of aryl methyl sites for hydroxylation is 1. The molecule has 0 fully saturated rings. The monoisotopic (exact) mass is 416 g/mol. The van der Waals surface area contributed by atoms with E-state index in [9.17, 15) is 13.6 Å². The van der Waals surface area contributed by atoms with Crippen molar-refractivity contribution in [3.63, 3.8) is 0 Å². The third-order valence-corrected chi connectivity index (χ3v) is 4.52. The van der Waals surface area contributed by atoms with Crippen LogP contribution in [-0.2, 0) is 17.8 Å². The number of carbonyl (C=O) groups excluding carboxylic acids is 1. The van der Waals surface area contributed by atoms with E-state index in [2.05, 4.69) is 9.72 Å². The molecule has 1 aromatic heterocycles. The average molecular weight is 416 g/mol. The Balaban J connectivity index is 1.69. The fraction of sp³-hybridized carbons (Fsp3) is 0.273. The molecular weight excluding hydrogens is 394 g/mol. The predicted octanol–water partition coefficient (Wildman–Crippen LogP) is 4.46. The first-order chi connectivity index (χ1) is 14.4. The molecule has 0 saturated heterocycles. The molecule has 3 aromatic rings. The lowest BCUT2D eigenvalue weighted by Gasteiger charge is -2.18. The van der Waals surface area contributed by atoms with Crippen molar-refractivity contribution in [1.29, 1.82) is 0 Å². The number of halogens is 2. The molecule has 3 rings (SSSR count). The van der Waals surface area contributed by atoms with E-state index >= 15 is 0 Å². The lowest BCUT2D eigenvalue weighted by atomic mass is 10.1. The first kappa shape index (κ1) is 21.3. The number of alkyl halides is 2. The van der Waals surface area contributed by atoms with Gasteiger partial charge in [0.15, 0.2) is 11.5 Å². The maximum atomic E-state index is 12.7. The summed E-state index contributed by atoms with van der Waals surface area (Å²) >= 11 is 0. The van der Waals surface area contributed by atoms with Crippen molar-refractivity contribution in [3.05, 3.63) is 65.5 Å². The van der Waals surface area contributed by atoms with Crippen molar-refractivity contribution < 1.29 is 27.5 Å². The molecule has 0 aliphatic heterocycles. The number of hydrogen-bond donors (Lipinski definition) is 0. The van der Waals surface area contributed by atoms with E-state index in [0.717, 1.165) is 5.56 Å². The van der Waals surface area contributed by atoms with Crippen molar-refractivity contribution in [2.75, 3.05) is 14.2 Å². The maximum absolute atomic E-state index is 12.7. The third-order valence-electron chi connectivity index (χ3n) is 4.52. The van der Waals surface area contributed by atoms with Crippen LogP contribution in [0.2, 0.25) is 0 Å². The van der Waals surface area contributed by atoms with E-state index in [0.29, 0.717) is 22.9 Å². The molecule has 6 nitrogen and oxygen atoms in total. The smallest absolute Gasteiger partial charge is 0.387 e. The minimum atomic E-state index is -2.97. The van der Waals surface area contributed by atoms with Crippen molar-refractivity contribution in [2.45, 2.75) is 26.5 Å². The Labute approximate surface area is 173 Å². The maximum Gasteiger partial charge on any atom is 0.387 e. The number of nitrogens with zero attached hydrogens (tertiary/aromatic N) is 2. The van der Waals surface area contributed by atoms with Crippen LogP contribution in [0.4, 0.5) is 8.78 Å². The molecule has 1 amide bonds. The van der Waals surface area contributed by atoms with Crippen molar-refractivity contribution in [1.82, 2.24) is 9.88 Å². The second-order valence-corrected chi connectivity index (χ2v) is 6.68. The average Bonchev–Trinajstić information content (AvgIpc) is 3.08. The van der Waals surface area contributed by atoms with Crippen LogP contribution < -0.4 is 9.47 Å². The van der Waals surface area contributed by atoms with Crippen molar-refractivity contribution in [2.24, 2.45) is 0 Å². The molecule has 2 aromatic carbocycles. The lowest BCUT2D eigenvalue weighted by molar-refractivity contribution is -0.129. The van der Waals surface area contributed by atoms with Gasteiger partial charge in [-0.3, -0.25) is 4.79 Å². The highest BCUT2D eigenvalue weighted by molar-refractivity contribution is 5.78. The summed E-state index contributed by atoms with van der Waals surface area (Å²) in [6.45, 7) is -0.993. The van der Waals surface area contributed by atoms with Crippen LogP contribution in [0.25, 0.3) is 11.5 Å². The minimum absolute atomic E-state index is 0.0647. The van der Waals surface area contributed by atoms with Gasteiger partial charge in [-0.1, -0.05) is 24.3 Å². The molecule has 0 spiro atoms. The van der Waals surface area contributed by atoms with Gasteiger partial charge < -0.3 is 18.8 Å². The van der Waals surface area contributed by atoms with E-state index in [1.807, 2.05) is 30.3 Å². The summed E-state index contributed by atoms with van der Waals surface area (Å²) in [5.74, 6) is 0.971. The number of oxazole rings is 1. The summed E-state index contributed by atoms with van der Waals surface area (Å²) in [7, 11) is 3.00. The number of ether oxygens (including phenoxy) is 2. The standard InChI is InChI=1S/C22H22F2N2O4/c1-14-17(25-21(29-14)16-7-5-4-6-8-16)12-20(27)26(2)13-15-9-10-18(28-3)19(11-15)30-22(23)24/h4-11,22H,12-13H2,1-3H3. The number of amides is 1. The van der Waals surface area contributed by atoms with Crippen LogP contribution >= 0.6 is 0 Å². The Morgan fingerprint density at radius 3 is 2.57 bits per heavy atom. The number of benzene rings is 2. The van der Waals surface area contributed by atoms with E-state index < -0.39 is 6.61 Å². The van der Waals surface area contributed by atoms with Crippen molar-refractivity contribution >= 4 is 5.91 Å². The number of rotatable bonds is 8. The zero-order valence-electron chi connectivity index (χ0n) is 16.9. The largest absolute Gasteiger partial charge is 0.493 e. The van der Waals surface area contributed by atoms with Crippen molar-refractivity contribution in [3.8, 4) is 23.0 Å². The van der Waals surface area contributed by atoms with E-state index in [4.69, 9.17) is 9.15 Å². The summed E-state index contributed by atoms with van der Waals surface area (Å²) in [5.41, 5.74) is 2.02. The van der Waals surface area contributed by atoms with E-state index in [-0.39, 0.29) is 30.4 Å². The Bertz CT molecular complexity index is 1010. The third kappa shape index (κ3) is 5.14. The molecule has 0 aliphatic carbocycles. The minimum Gasteiger partial charge on any atom is -0.493 e. The fourth-order valence-corrected chi connectivity index (χ4v) is 2.94. The lowest BCUT2D eigenvalue weighted by Crippen LogP contribution is -2.28. The van der Waals surface area contributed by atoms with Crippen LogP contribution in [0.3, 0.4) is 0 Å². The molecule has 8 heteroatoms. The van der Waals surface area contributed by atoms with Crippen LogP contribution in [0.15, 0.2) is 52.9 Å². The molecule has 0 unspecified atom stereocenters. The van der Waals surface area contributed by atoms with Gasteiger partial charge in [0.2, 0.25) is 11.8 Å². The van der Waals surface area contributed by atoms with E-state index in [1.54, 1.807) is 20.0 Å². The van der Waals surface area contributed by atoms with Gasteiger partial charge in [0, 0.05) is 19.2 Å². The summed E-state index contributed by atoms with van der Waals surface area (Å²) in [6.07, 6.45) is 0.0647. The summed E-state index contributed by atoms with van der Waals surface area (Å²) in [4.78, 5) is 18.6. The zero-order chi connectivity index (χ0) is 21.7. The molecule has 30 heavy (non-hydrogen) atoms. The number of carbonyl (C=O) groups is 1. The van der Waals surface area contributed by atoms with Gasteiger partial charge >= 0.3 is 6.61 Å². The predicted molar refractivity (Wildman–Crippen MR) is 106 cm³/mol. The Hall–Kier alpha value is -3.42. The highest BCUT2D eigenvalue weighted by Gasteiger charge is 2.18. The number of likely N-dealkylation sites (N-methyl/N-ethyl adjacent to an activating group) is 1. The number of hydrogen-bond acceptors (Lipinski definition) is 5. The molecule has 0 aliphatic rings. The molecule has 1 heterocycles. The van der Waals surface area contributed by atoms with Gasteiger partial charge in [0.05, 0.1) is 19.2 Å². The molecule has 0 bridgehead atoms. The highest BCUT2D eigenvalue weighted by Crippen LogP contribution is 2.30. The second kappa shape index (κ2) is 9.39. The van der Waals surface area contributed by atoms with Gasteiger partial charge in [0.25, 0.3) is 0 Å². The molecule has 0 saturated carbocycles. The Morgan fingerprint density at radius 1 is 1.17 bits per heavy atom. The Kier molecular flexibility index (Phi) is 6.66. The Morgan fingerprint density at radius 2 is 1.90 bits per heavy atom. The summed E-state index contributed by atoms with van der Waals surface area (Å²) in [6, 6.07) is 14.1. The van der Waals surface area contributed by atoms with Crippen LogP contribution in [0.1, 0.15) is 17.0 Å². The van der Waals surface area contributed by atoms with Gasteiger partial charge in [-0.05, 0) is 36.8 Å². The number of methoxy groups -OCH3 is 1. The van der Waals surface area contributed by atoms with Crippen LogP contribution in [0.5, 0.6) is 11.5 Å². The van der Waals surface area contributed by atoms with Crippen LogP contribution in [0, 0.1) is 6.92 Å². The second-order valence-electron chi connectivity index (χ2n) is 6.68. The quantitative estimate of drug-likeness (QED) is 0.542. The molecule has 158 valence electrons. The van der Waals surface area contributed by atoms with Gasteiger partial charge in [-0.25, -0.2) is 4.98 Å². The molecular formula is C22H22F2N2O4. The number of aromatic nitrogens is 1. The first-order valence-electron chi connectivity index (χ1n) is 9.24. The molecule has 0 atom stereocenters. The zero-order valence-corrected chi connectivity index (χ0v) is 16.9. The normalized spacial score (nSPS) is 10.9. The van der Waals surface area contributed by atoms with Crippen LogP contribution in [-0.4, -0.2) is 36.6 Å². The summed E-state index contributed by atoms with van der Waals surface area (Å²) in [5, 5.41) is 0. The van der Waals surface area contributed by atoms with Gasteiger partial charge in [-0.2, -0.15) is 8.78 Å². The topological polar surface area (TPSA) is 64.8 Å². The molecule has 0 N–H and O–H groups in total. The van der Waals surface area contributed by atoms with Gasteiger partial charge in [0.1, 0.15) is 5.76 Å². The van der Waals surface area contributed by atoms with Gasteiger partial charge in [-0.15, -0.1) is 0 Å². The SMILES string of the molecule is COc1ccc(CN(C)C(=O)Cc2nc(-c3ccccc3)oc2C)cc1OC(F)F. The first-order valence-corrected chi connectivity index (χ1v) is 9.24.